The standard InChI is InChI=1S/C18H21NO3/c1-13(10-11-20)19-18(21)15-8-9-17(22-2)16(12-15)14-6-4-3-5-7-14/h3-9,12-13,20H,10-11H2,1-2H3,(H,19,21). The average molecular weight is 299 g/mol. The molecule has 0 aliphatic carbocycles. The molecule has 2 aromatic rings. The van der Waals surface area contributed by atoms with Crippen molar-refractivity contribution in [3.8, 4) is 16.9 Å². The van der Waals surface area contributed by atoms with Crippen molar-refractivity contribution < 1.29 is 14.6 Å². The quantitative estimate of drug-likeness (QED) is 0.862. The van der Waals surface area contributed by atoms with Gasteiger partial charge in [0, 0.05) is 23.8 Å². The number of amides is 1. The maximum atomic E-state index is 12.3. The van der Waals surface area contributed by atoms with E-state index in [1.165, 1.54) is 0 Å². The van der Waals surface area contributed by atoms with E-state index in [0.717, 1.165) is 16.9 Å². The smallest absolute Gasteiger partial charge is 0.251 e. The average Bonchev–Trinajstić information content (AvgIpc) is 2.55. The summed E-state index contributed by atoms with van der Waals surface area (Å²) in [7, 11) is 1.62. The molecular formula is C18H21NO3. The fraction of sp³-hybridized carbons (Fsp3) is 0.278. The highest BCUT2D eigenvalue weighted by Crippen LogP contribution is 2.30. The molecule has 116 valence electrons. The number of methoxy groups -OCH3 is 1. The van der Waals surface area contributed by atoms with Crippen LogP contribution < -0.4 is 10.1 Å². The second-order valence-electron chi connectivity index (χ2n) is 5.17. The Bertz CT molecular complexity index is 625. The molecule has 0 saturated carbocycles. The number of carbonyl (C=O) groups excluding carboxylic acids is 1. The van der Waals surface area contributed by atoms with E-state index in [4.69, 9.17) is 9.84 Å². The molecule has 0 bridgehead atoms. The Labute approximate surface area is 130 Å². The van der Waals surface area contributed by atoms with E-state index in [2.05, 4.69) is 5.32 Å². The van der Waals surface area contributed by atoms with E-state index in [9.17, 15) is 4.79 Å². The van der Waals surface area contributed by atoms with Crippen LogP contribution in [0.3, 0.4) is 0 Å². The minimum Gasteiger partial charge on any atom is -0.496 e. The van der Waals surface area contributed by atoms with Crippen molar-refractivity contribution in [2.45, 2.75) is 19.4 Å². The van der Waals surface area contributed by atoms with Gasteiger partial charge in [-0.3, -0.25) is 4.79 Å². The first-order chi connectivity index (χ1) is 10.7. The molecule has 0 aliphatic rings. The summed E-state index contributed by atoms with van der Waals surface area (Å²) in [6.07, 6.45) is 0.535. The van der Waals surface area contributed by atoms with Crippen LogP contribution in [0.25, 0.3) is 11.1 Å². The van der Waals surface area contributed by atoms with E-state index < -0.39 is 0 Å². The number of ether oxygens (including phenoxy) is 1. The molecule has 0 radical (unpaired) electrons. The van der Waals surface area contributed by atoms with Gasteiger partial charge >= 0.3 is 0 Å². The summed E-state index contributed by atoms with van der Waals surface area (Å²) in [5.41, 5.74) is 2.45. The van der Waals surface area contributed by atoms with E-state index >= 15 is 0 Å². The number of nitrogens with one attached hydrogen (secondary N) is 1. The zero-order valence-corrected chi connectivity index (χ0v) is 12.9. The number of rotatable bonds is 6. The molecule has 0 aromatic heterocycles. The SMILES string of the molecule is COc1ccc(C(=O)NC(C)CCO)cc1-c1ccccc1. The Hall–Kier alpha value is -2.33. The van der Waals surface area contributed by atoms with Gasteiger partial charge in [-0.1, -0.05) is 30.3 Å². The number of benzene rings is 2. The molecule has 1 amide bonds. The lowest BCUT2D eigenvalue weighted by molar-refractivity contribution is 0.0934. The Balaban J connectivity index is 2.29. The lowest BCUT2D eigenvalue weighted by atomic mass is 10.0. The zero-order valence-electron chi connectivity index (χ0n) is 12.9. The predicted octanol–water partition coefficient (Wildman–Crippen LogP) is 2.86. The van der Waals surface area contributed by atoms with Crippen LogP contribution in [0.15, 0.2) is 48.5 Å². The topological polar surface area (TPSA) is 58.6 Å². The first-order valence-corrected chi connectivity index (χ1v) is 7.31. The van der Waals surface area contributed by atoms with Gasteiger partial charge in [0.15, 0.2) is 0 Å². The maximum Gasteiger partial charge on any atom is 0.251 e. The van der Waals surface area contributed by atoms with Crippen LogP contribution in [0.1, 0.15) is 23.7 Å². The van der Waals surface area contributed by atoms with Crippen LogP contribution in [0.5, 0.6) is 5.75 Å². The summed E-state index contributed by atoms with van der Waals surface area (Å²) in [5.74, 6) is 0.576. The molecule has 1 unspecified atom stereocenters. The van der Waals surface area contributed by atoms with E-state index in [0.29, 0.717) is 12.0 Å². The molecule has 4 heteroatoms. The molecule has 0 spiro atoms. The van der Waals surface area contributed by atoms with Crippen molar-refractivity contribution in [1.29, 1.82) is 0 Å². The number of hydrogen-bond donors (Lipinski definition) is 2. The summed E-state index contributed by atoms with van der Waals surface area (Å²) in [4.78, 5) is 12.3. The molecule has 0 saturated heterocycles. The van der Waals surface area contributed by atoms with Gasteiger partial charge in [-0.15, -0.1) is 0 Å². The first kappa shape index (κ1) is 16.0. The number of aliphatic hydroxyl groups excluding tert-OH is 1. The summed E-state index contributed by atoms with van der Waals surface area (Å²) in [6, 6.07) is 15.1. The van der Waals surface area contributed by atoms with E-state index in [-0.39, 0.29) is 18.6 Å². The number of hydrogen-bond acceptors (Lipinski definition) is 3. The zero-order chi connectivity index (χ0) is 15.9. The summed E-state index contributed by atoms with van der Waals surface area (Å²) in [5, 5.41) is 11.8. The van der Waals surface area contributed by atoms with Crippen molar-refractivity contribution in [1.82, 2.24) is 5.32 Å². The third kappa shape index (κ3) is 3.86. The Morgan fingerprint density at radius 2 is 1.95 bits per heavy atom. The molecule has 4 nitrogen and oxygen atoms in total. The van der Waals surface area contributed by atoms with Gasteiger partial charge in [0.1, 0.15) is 5.75 Å². The second kappa shape index (κ2) is 7.61. The van der Waals surface area contributed by atoms with Crippen LogP contribution >= 0.6 is 0 Å². The van der Waals surface area contributed by atoms with Gasteiger partial charge in [0.05, 0.1) is 7.11 Å². The minimum atomic E-state index is -0.152. The Kier molecular flexibility index (Phi) is 5.55. The summed E-state index contributed by atoms with van der Waals surface area (Å²) < 4.78 is 5.39. The van der Waals surface area contributed by atoms with Crippen LogP contribution in [-0.4, -0.2) is 30.8 Å². The summed E-state index contributed by atoms with van der Waals surface area (Å²) in [6.45, 7) is 1.93. The molecule has 0 fully saturated rings. The normalized spacial score (nSPS) is 11.8. The maximum absolute atomic E-state index is 12.3. The minimum absolute atomic E-state index is 0.0549. The van der Waals surface area contributed by atoms with Crippen LogP contribution in [0, 0.1) is 0 Å². The fourth-order valence-electron chi connectivity index (χ4n) is 2.27. The van der Waals surface area contributed by atoms with Crippen molar-refractivity contribution in [2.24, 2.45) is 0 Å². The van der Waals surface area contributed by atoms with E-state index in [1.807, 2.05) is 43.3 Å². The molecule has 22 heavy (non-hydrogen) atoms. The van der Waals surface area contributed by atoms with Crippen LogP contribution in [0.2, 0.25) is 0 Å². The molecule has 1 atom stereocenters. The third-order valence-corrected chi connectivity index (χ3v) is 3.49. The molecule has 2 aromatic carbocycles. The van der Waals surface area contributed by atoms with Crippen molar-refractivity contribution in [3.63, 3.8) is 0 Å². The number of carbonyl (C=O) groups is 1. The molecular weight excluding hydrogens is 278 g/mol. The number of aliphatic hydroxyl groups is 1. The highest BCUT2D eigenvalue weighted by atomic mass is 16.5. The van der Waals surface area contributed by atoms with Crippen LogP contribution in [0.4, 0.5) is 0 Å². The van der Waals surface area contributed by atoms with Gasteiger partial charge in [-0.2, -0.15) is 0 Å². The molecule has 2 rings (SSSR count). The van der Waals surface area contributed by atoms with Gasteiger partial charge in [-0.05, 0) is 37.1 Å². The predicted molar refractivity (Wildman–Crippen MR) is 87.1 cm³/mol. The molecule has 0 heterocycles. The lowest BCUT2D eigenvalue weighted by Crippen LogP contribution is -2.33. The van der Waals surface area contributed by atoms with Crippen molar-refractivity contribution in [2.75, 3.05) is 13.7 Å². The van der Waals surface area contributed by atoms with E-state index in [1.54, 1.807) is 19.2 Å². The third-order valence-electron chi connectivity index (χ3n) is 3.49. The summed E-state index contributed by atoms with van der Waals surface area (Å²) >= 11 is 0. The van der Waals surface area contributed by atoms with Gasteiger partial charge < -0.3 is 15.2 Å². The largest absolute Gasteiger partial charge is 0.496 e. The lowest BCUT2D eigenvalue weighted by Gasteiger charge is -2.14. The molecule has 2 N–H and O–H groups in total. The highest BCUT2D eigenvalue weighted by molar-refractivity contribution is 5.96. The first-order valence-electron chi connectivity index (χ1n) is 7.31. The van der Waals surface area contributed by atoms with Crippen molar-refractivity contribution >= 4 is 5.91 Å². The Morgan fingerprint density at radius 3 is 2.59 bits per heavy atom. The molecule has 0 aliphatic heterocycles. The van der Waals surface area contributed by atoms with Crippen molar-refractivity contribution in [3.05, 3.63) is 54.1 Å². The Morgan fingerprint density at radius 1 is 1.23 bits per heavy atom. The highest BCUT2D eigenvalue weighted by Gasteiger charge is 2.13. The fourth-order valence-corrected chi connectivity index (χ4v) is 2.27. The second-order valence-corrected chi connectivity index (χ2v) is 5.17. The van der Waals surface area contributed by atoms with Crippen LogP contribution in [-0.2, 0) is 0 Å². The van der Waals surface area contributed by atoms with Gasteiger partial charge in [-0.25, -0.2) is 0 Å². The van der Waals surface area contributed by atoms with Gasteiger partial charge in [0.25, 0.3) is 5.91 Å². The van der Waals surface area contributed by atoms with Gasteiger partial charge in [0.2, 0.25) is 0 Å². The monoisotopic (exact) mass is 299 g/mol.